The molecule has 0 unspecified atom stereocenters. The molecular formula is C21H22O4. The topological polar surface area (TPSA) is 63.6 Å². The maximum Gasteiger partial charge on any atom is 0.342 e. The van der Waals surface area contributed by atoms with E-state index in [4.69, 9.17) is 4.74 Å². The molecule has 0 aliphatic rings. The van der Waals surface area contributed by atoms with Crippen LogP contribution in [0.1, 0.15) is 42.3 Å². The molecule has 0 saturated heterocycles. The van der Waals surface area contributed by atoms with Crippen molar-refractivity contribution in [3.05, 3.63) is 70.8 Å². The molecular weight excluding hydrogens is 316 g/mol. The molecule has 1 N–H and O–H groups in total. The summed E-state index contributed by atoms with van der Waals surface area (Å²) in [5.74, 6) is -1.47. The van der Waals surface area contributed by atoms with Crippen LogP contribution < -0.4 is 0 Å². The molecule has 0 atom stereocenters. The van der Waals surface area contributed by atoms with E-state index in [1.807, 2.05) is 31.2 Å². The van der Waals surface area contributed by atoms with Crippen molar-refractivity contribution in [3.8, 4) is 5.75 Å². The molecule has 0 fully saturated rings. The zero-order valence-corrected chi connectivity index (χ0v) is 14.9. The first-order chi connectivity index (χ1) is 11.7. The predicted molar refractivity (Wildman–Crippen MR) is 97.4 cm³/mol. The summed E-state index contributed by atoms with van der Waals surface area (Å²) in [6.07, 6.45) is 1.49. The van der Waals surface area contributed by atoms with Gasteiger partial charge in [-0.3, -0.25) is 4.79 Å². The summed E-state index contributed by atoms with van der Waals surface area (Å²) in [7, 11) is 0. The average molecular weight is 338 g/mol. The Morgan fingerprint density at radius 2 is 1.60 bits per heavy atom. The minimum Gasteiger partial charge on any atom is -0.507 e. The number of hydrogen-bond donors (Lipinski definition) is 1. The van der Waals surface area contributed by atoms with E-state index in [1.54, 1.807) is 32.9 Å². The van der Waals surface area contributed by atoms with Gasteiger partial charge in [-0.25, -0.2) is 4.79 Å². The SMILES string of the molecule is Cc1ccc(/C=C(\C(=O)OC(C)(C)C)C(=O)c2ccccc2O)cc1. The van der Waals surface area contributed by atoms with Gasteiger partial charge in [-0.2, -0.15) is 0 Å². The zero-order chi connectivity index (χ0) is 18.6. The summed E-state index contributed by atoms with van der Waals surface area (Å²) >= 11 is 0. The molecule has 2 aromatic rings. The van der Waals surface area contributed by atoms with Crippen LogP contribution in [0.25, 0.3) is 6.08 Å². The number of phenolic OH excluding ortho intramolecular Hbond substituents is 1. The first-order valence-corrected chi connectivity index (χ1v) is 8.02. The number of para-hydroxylation sites is 1. The summed E-state index contributed by atoms with van der Waals surface area (Å²) < 4.78 is 5.37. The number of ether oxygens (including phenoxy) is 1. The molecule has 0 aromatic heterocycles. The van der Waals surface area contributed by atoms with Crippen molar-refractivity contribution in [2.45, 2.75) is 33.3 Å². The minimum atomic E-state index is -0.734. The lowest BCUT2D eigenvalue weighted by molar-refractivity contribution is -0.149. The molecule has 0 aliphatic carbocycles. The maximum absolute atomic E-state index is 12.8. The predicted octanol–water partition coefficient (Wildman–Crippen LogP) is 4.31. The number of benzene rings is 2. The Morgan fingerprint density at radius 1 is 1.00 bits per heavy atom. The number of esters is 1. The van der Waals surface area contributed by atoms with E-state index < -0.39 is 17.4 Å². The number of aromatic hydroxyl groups is 1. The molecule has 25 heavy (non-hydrogen) atoms. The van der Waals surface area contributed by atoms with Crippen LogP contribution in [0, 0.1) is 6.92 Å². The highest BCUT2D eigenvalue weighted by Gasteiger charge is 2.27. The van der Waals surface area contributed by atoms with Gasteiger partial charge in [0.1, 0.15) is 16.9 Å². The van der Waals surface area contributed by atoms with Crippen molar-refractivity contribution in [1.29, 1.82) is 0 Å². The fourth-order valence-corrected chi connectivity index (χ4v) is 2.19. The van der Waals surface area contributed by atoms with Gasteiger partial charge in [-0.1, -0.05) is 42.0 Å². The molecule has 0 aliphatic heterocycles. The molecule has 4 nitrogen and oxygen atoms in total. The third-order valence-electron chi connectivity index (χ3n) is 3.40. The normalized spacial score (nSPS) is 11.9. The Bertz CT molecular complexity index is 809. The summed E-state index contributed by atoms with van der Waals surface area (Å²) in [5.41, 5.74) is 0.980. The highest BCUT2D eigenvalue weighted by molar-refractivity contribution is 6.27. The van der Waals surface area contributed by atoms with Crippen molar-refractivity contribution in [1.82, 2.24) is 0 Å². The first kappa shape index (κ1) is 18.5. The molecule has 0 saturated carbocycles. The lowest BCUT2D eigenvalue weighted by Crippen LogP contribution is -2.27. The smallest absolute Gasteiger partial charge is 0.342 e. The Balaban J connectivity index is 2.48. The van der Waals surface area contributed by atoms with Crippen LogP contribution in [0.3, 0.4) is 0 Å². The average Bonchev–Trinajstić information content (AvgIpc) is 2.52. The van der Waals surface area contributed by atoms with Gasteiger partial charge in [-0.05, 0) is 51.5 Å². The molecule has 0 radical (unpaired) electrons. The van der Waals surface area contributed by atoms with Gasteiger partial charge in [-0.15, -0.1) is 0 Å². The van der Waals surface area contributed by atoms with E-state index in [1.165, 1.54) is 18.2 Å². The third-order valence-corrected chi connectivity index (χ3v) is 3.40. The second kappa shape index (κ2) is 7.34. The second-order valence-electron chi connectivity index (χ2n) is 6.82. The molecule has 4 heteroatoms. The van der Waals surface area contributed by atoms with Gasteiger partial charge in [0.2, 0.25) is 5.78 Å². The van der Waals surface area contributed by atoms with E-state index in [0.717, 1.165) is 5.56 Å². The van der Waals surface area contributed by atoms with Crippen molar-refractivity contribution in [3.63, 3.8) is 0 Å². The van der Waals surface area contributed by atoms with E-state index in [2.05, 4.69) is 0 Å². The fraction of sp³-hybridized carbons (Fsp3) is 0.238. The number of phenols is 1. The quantitative estimate of drug-likeness (QED) is 0.297. The Hall–Kier alpha value is -2.88. The van der Waals surface area contributed by atoms with Crippen LogP contribution in [0.2, 0.25) is 0 Å². The summed E-state index contributed by atoms with van der Waals surface area (Å²) in [6, 6.07) is 13.5. The molecule has 0 bridgehead atoms. The van der Waals surface area contributed by atoms with Crippen LogP contribution in [-0.4, -0.2) is 22.5 Å². The van der Waals surface area contributed by atoms with Crippen molar-refractivity contribution >= 4 is 17.8 Å². The molecule has 130 valence electrons. The van der Waals surface area contributed by atoms with Crippen LogP contribution in [0.4, 0.5) is 0 Å². The van der Waals surface area contributed by atoms with Crippen LogP contribution in [-0.2, 0) is 9.53 Å². The maximum atomic E-state index is 12.8. The summed E-state index contributed by atoms with van der Waals surface area (Å²) in [6.45, 7) is 7.16. The lowest BCUT2D eigenvalue weighted by Gasteiger charge is -2.20. The monoisotopic (exact) mass is 338 g/mol. The minimum absolute atomic E-state index is 0.0618. The zero-order valence-electron chi connectivity index (χ0n) is 14.9. The summed E-state index contributed by atoms with van der Waals surface area (Å²) in [5, 5.41) is 9.95. The van der Waals surface area contributed by atoms with Crippen molar-refractivity contribution in [2.24, 2.45) is 0 Å². The van der Waals surface area contributed by atoms with Crippen LogP contribution in [0.15, 0.2) is 54.1 Å². The number of hydrogen-bond acceptors (Lipinski definition) is 4. The highest BCUT2D eigenvalue weighted by Crippen LogP contribution is 2.23. The van der Waals surface area contributed by atoms with Crippen molar-refractivity contribution < 1.29 is 19.4 Å². The van der Waals surface area contributed by atoms with Gasteiger partial charge in [0.05, 0.1) is 5.56 Å². The molecule has 2 rings (SSSR count). The number of aryl methyl sites for hydroxylation is 1. The first-order valence-electron chi connectivity index (χ1n) is 8.02. The molecule has 0 spiro atoms. The summed E-state index contributed by atoms with van der Waals surface area (Å²) in [4.78, 5) is 25.4. The molecule has 0 amide bonds. The second-order valence-corrected chi connectivity index (χ2v) is 6.82. The Morgan fingerprint density at radius 3 is 2.16 bits per heavy atom. The van der Waals surface area contributed by atoms with Gasteiger partial charge < -0.3 is 9.84 Å². The number of rotatable bonds is 4. The number of Topliss-reactive ketones (excluding diaryl/α,β-unsaturated/α-hetero) is 1. The lowest BCUT2D eigenvalue weighted by atomic mass is 9.99. The van der Waals surface area contributed by atoms with Gasteiger partial charge in [0, 0.05) is 0 Å². The van der Waals surface area contributed by atoms with E-state index in [0.29, 0.717) is 5.56 Å². The van der Waals surface area contributed by atoms with E-state index in [-0.39, 0.29) is 16.9 Å². The largest absolute Gasteiger partial charge is 0.507 e. The van der Waals surface area contributed by atoms with E-state index >= 15 is 0 Å². The van der Waals surface area contributed by atoms with Crippen LogP contribution in [0.5, 0.6) is 5.75 Å². The third kappa shape index (κ3) is 5.05. The highest BCUT2D eigenvalue weighted by atomic mass is 16.6. The Labute approximate surface area is 147 Å². The number of carbonyl (C=O) groups excluding carboxylic acids is 2. The van der Waals surface area contributed by atoms with Crippen molar-refractivity contribution in [2.75, 3.05) is 0 Å². The standard InChI is InChI=1S/C21H22O4/c1-14-9-11-15(12-10-14)13-17(20(24)25-21(2,3)4)19(23)16-7-5-6-8-18(16)22/h5-13,22H,1-4H3/b17-13-. The molecule has 2 aromatic carbocycles. The van der Waals surface area contributed by atoms with Gasteiger partial charge in [0.15, 0.2) is 0 Å². The van der Waals surface area contributed by atoms with Gasteiger partial charge >= 0.3 is 5.97 Å². The number of ketones is 1. The number of carbonyl (C=O) groups is 2. The Kier molecular flexibility index (Phi) is 5.42. The van der Waals surface area contributed by atoms with E-state index in [9.17, 15) is 14.7 Å². The van der Waals surface area contributed by atoms with Crippen LogP contribution >= 0.6 is 0 Å². The fourth-order valence-electron chi connectivity index (χ4n) is 2.19. The molecule has 0 heterocycles. The van der Waals surface area contributed by atoms with Gasteiger partial charge in [0.25, 0.3) is 0 Å².